The Morgan fingerprint density at radius 1 is 1.00 bits per heavy atom. The van der Waals surface area contributed by atoms with E-state index in [1.807, 2.05) is 66.3 Å². The number of aromatic nitrogens is 1. The van der Waals surface area contributed by atoms with Gasteiger partial charge in [-0.05, 0) is 17.5 Å². The number of nitrogens with one attached hydrogen (secondary N) is 2. The normalized spacial score (nSPS) is 11.3. The zero-order valence-corrected chi connectivity index (χ0v) is 15.0. The minimum absolute atomic E-state index is 0.154. The van der Waals surface area contributed by atoms with E-state index < -0.39 is 0 Å². The number of carbonyl (C=O) groups excluding carboxylic acids is 1. The maximum absolute atomic E-state index is 12.1. The lowest BCUT2D eigenvalue weighted by atomic mass is 10.1. The third-order valence-electron chi connectivity index (χ3n) is 4.55. The molecule has 0 saturated carbocycles. The number of aryl methyl sites for hydroxylation is 1. The Morgan fingerprint density at radius 3 is 2.63 bits per heavy atom. The van der Waals surface area contributed by atoms with Crippen molar-refractivity contribution in [2.24, 2.45) is 12.1 Å². The van der Waals surface area contributed by atoms with Gasteiger partial charge in [-0.1, -0.05) is 54.6 Å². The first-order valence-corrected chi connectivity index (χ1v) is 8.80. The van der Waals surface area contributed by atoms with Crippen LogP contribution in [-0.4, -0.2) is 23.2 Å². The molecule has 1 amide bonds. The lowest BCUT2D eigenvalue weighted by Crippen LogP contribution is -2.25. The van der Waals surface area contributed by atoms with E-state index in [-0.39, 0.29) is 12.5 Å². The summed E-state index contributed by atoms with van der Waals surface area (Å²) < 4.78 is 2.04. The molecular weight excluding hydrogens is 336 g/mol. The Hall–Kier alpha value is -3.60. The van der Waals surface area contributed by atoms with Crippen LogP contribution in [0, 0.1) is 0 Å². The first kappa shape index (κ1) is 16.8. The summed E-state index contributed by atoms with van der Waals surface area (Å²) in [5.41, 5.74) is 5.61. The van der Waals surface area contributed by atoms with Crippen molar-refractivity contribution >= 4 is 39.5 Å². The highest BCUT2D eigenvalue weighted by Gasteiger charge is 2.05. The van der Waals surface area contributed by atoms with Gasteiger partial charge in [-0.3, -0.25) is 4.79 Å². The van der Waals surface area contributed by atoms with Gasteiger partial charge in [0.1, 0.15) is 0 Å². The molecule has 0 unspecified atom stereocenters. The molecule has 0 aliphatic heterocycles. The Labute approximate surface area is 157 Å². The smallest absolute Gasteiger partial charge is 0.259 e. The number of para-hydroxylation sites is 1. The van der Waals surface area contributed by atoms with Crippen LogP contribution < -0.4 is 10.7 Å². The molecule has 134 valence electrons. The van der Waals surface area contributed by atoms with Gasteiger partial charge in [0.05, 0.1) is 12.8 Å². The molecule has 2 N–H and O–H groups in total. The van der Waals surface area contributed by atoms with Crippen molar-refractivity contribution in [2.45, 2.75) is 0 Å². The number of nitrogens with zero attached hydrogens (tertiary/aromatic N) is 2. The first-order valence-electron chi connectivity index (χ1n) is 8.80. The summed E-state index contributed by atoms with van der Waals surface area (Å²) in [7, 11) is 1.99. The fourth-order valence-corrected chi connectivity index (χ4v) is 3.24. The molecule has 5 heteroatoms. The second kappa shape index (κ2) is 7.33. The highest BCUT2D eigenvalue weighted by Crippen LogP contribution is 2.22. The third kappa shape index (κ3) is 3.53. The Morgan fingerprint density at radius 2 is 1.74 bits per heavy atom. The molecule has 1 aromatic heterocycles. The number of rotatable bonds is 5. The number of hydrogen-bond donors (Lipinski definition) is 2. The second-order valence-electron chi connectivity index (χ2n) is 6.39. The van der Waals surface area contributed by atoms with Crippen LogP contribution in [0.3, 0.4) is 0 Å². The molecule has 0 aliphatic rings. The lowest BCUT2D eigenvalue weighted by molar-refractivity contribution is -0.119. The topological polar surface area (TPSA) is 58.4 Å². The minimum atomic E-state index is -0.195. The molecule has 0 atom stereocenters. The number of amides is 1. The predicted octanol–water partition coefficient (Wildman–Crippen LogP) is 3.89. The molecule has 4 rings (SSSR count). The number of fused-ring (bicyclic) bond motifs is 2. The Kier molecular flexibility index (Phi) is 4.58. The van der Waals surface area contributed by atoms with E-state index in [9.17, 15) is 4.79 Å². The van der Waals surface area contributed by atoms with Crippen molar-refractivity contribution in [3.63, 3.8) is 0 Å². The maximum Gasteiger partial charge on any atom is 0.259 e. The van der Waals surface area contributed by atoms with Crippen molar-refractivity contribution in [1.82, 2.24) is 9.99 Å². The minimum Gasteiger partial charge on any atom is -0.376 e. The quantitative estimate of drug-likeness (QED) is 0.421. The van der Waals surface area contributed by atoms with E-state index >= 15 is 0 Å². The van der Waals surface area contributed by atoms with Gasteiger partial charge in [-0.2, -0.15) is 5.10 Å². The second-order valence-corrected chi connectivity index (χ2v) is 6.39. The fraction of sp³-hybridized carbons (Fsp3) is 0.0909. The Bertz CT molecular complexity index is 1140. The van der Waals surface area contributed by atoms with Gasteiger partial charge in [0, 0.05) is 40.8 Å². The van der Waals surface area contributed by atoms with Gasteiger partial charge in [0.15, 0.2) is 0 Å². The molecule has 0 aliphatic carbocycles. The summed E-state index contributed by atoms with van der Waals surface area (Å²) in [5, 5.41) is 10.6. The van der Waals surface area contributed by atoms with Gasteiger partial charge >= 0.3 is 0 Å². The van der Waals surface area contributed by atoms with Crippen molar-refractivity contribution in [3.8, 4) is 0 Å². The zero-order chi connectivity index (χ0) is 18.6. The highest BCUT2D eigenvalue weighted by molar-refractivity contribution is 6.00. The van der Waals surface area contributed by atoms with E-state index in [2.05, 4.69) is 34.0 Å². The Balaban J connectivity index is 1.40. The number of hydrazone groups is 1. The van der Waals surface area contributed by atoms with Gasteiger partial charge < -0.3 is 9.88 Å². The maximum atomic E-state index is 12.1. The van der Waals surface area contributed by atoms with E-state index in [0.29, 0.717) is 0 Å². The summed E-state index contributed by atoms with van der Waals surface area (Å²) in [4.78, 5) is 12.1. The van der Waals surface area contributed by atoms with Crippen LogP contribution in [0.1, 0.15) is 5.56 Å². The predicted molar refractivity (Wildman–Crippen MR) is 111 cm³/mol. The molecule has 27 heavy (non-hydrogen) atoms. The fourth-order valence-electron chi connectivity index (χ4n) is 3.24. The standard InChI is InChI=1S/C22H20N4O/c1-26-15-17(19-10-4-5-12-21(19)26)13-24-25-22(27)14-23-20-11-6-8-16-7-2-3-9-18(16)20/h2-13,15,23H,14H2,1H3,(H,25,27)/b24-13-. The van der Waals surface area contributed by atoms with Gasteiger partial charge in [0.2, 0.25) is 0 Å². The molecular formula is C22H20N4O. The molecule has 1 heterocycles. The average Bonchev–Trinajstić information content (AvgIpc) is 3.02. The number of anilines is 1. The van der Waals surface area contributed by atoms with Crippen LogP contribution in [-0.2, 0) is 11.8 Å². The lowest BCUT2D eigenvalue weighted by Gasteiger charge is -2.08. The van der Waals surface area contributed by atoms with Crippen LogP contribution >= 0.6 is 0 Å². The van der Waals surface area contributed by atoms with E-state index in [1.54, 1.807) is 6.21 Å². The van der Waals surface area contributed by atoms with Gasteiger partial charge in [-0.15, -0.1) is 0 Å². The molecule has 0 fully saturated rings. The van der Waals surface area contributed by atoms with E-state index in [0.717, 1.165) is 32.9 Å². The highest BCUT2D eigenvalue weighted by atomic mass is 16.2. The molecule has 0 spiro atoms. The molecule has 4 aromatic rings. The largest absolute Gasteiger partial charge is 0.376 e. The summed E-state index contributed by atoms with van der Waals surface area (Å²) in [6, 6.07) is 22.2. The number of benzene rings is 3. The SMILES string of the molecule is Cn1cc(/C=N\NC(=O)CNc2cccc3ccccc23)c2ccccc21. The monoisotopic (exact) mass is 356 g/mol. The number of carbonyl (C=O) groups is 1. The molecule has 0 saturated heterocycles. The summed E-state index contributed by atoms with van der Waals surface area (Å²) in [6.45, 7) is 0.154. The van der Waals surface area contributed by atoms with Crippen LogP contribution in [0.4, 0.5) is 5.69 Å². The van der Waals surface area contributed by atoms with Crippen molar-refractivity contribution in [1.29, 1.82) is 0 Å². The molecule has 3 aromatic carbocycles. The van der Waals surface area contributed by atoms with Crippen LogP contribution in [0.5, 0.6) is 0 Å². The van der Waals surface area contributed by atoms with Crippen molar-refractivity contribution in [3.05, 3.63) is 78.5 Å². The van der Waals surface area contributed by atoms with Crippen LogP contribution in [0.2, 0.25) is 0 Å². The van der Waals surface area contributed by atoms with E-state index in [1.165, 1.54) is 0 Å². The number of hydrogen-bond acceptors (Lipinski definition) is 3. The van der Waals surface area contributed by atoms with Crippen LogP contribution in [0.15, 0.2) is 78.0 Å². The molecule has 0 bridgehead atoms. The van der Waals surface area contributed by atoms with Gasteiger partial charge in [0.25, 0.3) is 5.91 Å². The molecule has 5 nitrogen and oxygen atoms in total. The summed E-state index contributed by atoms with van der Waals surface area (Å²) >= 11 is 0. The molecule has 0 radical (unpaired) electrons. The van der Waals surface area contributed by atoms with E-state index in [4.69, 9.17) is 0 Å². The third-order valence-corrected chi connectivity index (χ3v) is 4.55. The average molecular weight is 356 g/mol. The van der Waals surface area contributed by atoms with Crippen molar-refractivity contribution in [2.75, 3.05) is 11.9 Å². The van der Waals surface area contributed by atoms with Gasteiger partial charge in [-0.25, -0.2) is 5.43 Å². The van der Waals surface area contributed by atoms with Crippen LogP contribution in [0.25, 0.3) is 21.7 Å². The first-order chi connectivity index (χ1) is 13.2. The zero-order valence-electron chi connectivity index (χ0n) is 15.0. The summed E-state index contributed by atoms with van der Waals surface area (Å²) in [6.07, 6.45) is 3.67. The van der Waals surface area contributed by atoms with Crippen molar-refractivity contribution < 1.29 is 4.79 Å². The summed E-state index contributed by atoms with van der Waals surface area (Å²) in [5.74, 6) is -0.195.